The fourth-order valence-corrected chi connectivity index (χ4v) is 4.67. The number of aryl methyl sites for hydroxylation is 2. The van der Waals surface area contributed by atoms with E-state index < -0.39 is 0 Å². The molecule has 0 aromatic carbocycles. The van der Waals surface area contributed by atoms with Crippen molar-refractivity contribution >= 4 is 11.3 Å². The summed E-state index contributed by atoms with van der Waals surface area (Å²) >= 11 is 1.87. The zero-order chi connectivity index (χ0) is 16.4. The Morgan fingerprint density at radius 1 is 1.39 bits per heavy atom. The first kappa shape index (κ1) is 16.7. The van der Waals surface area contributed by atoms with Crippen LogP contribution in [0.4, 0.5) is 0 Å². The van der Waals surface area contributed by atoms with E-state index in [0.29, 0.717) is 12.0 Å². The molecule has 2 aromatic heterocycles. The molecule has 0 radical (unpaired) electrons. The smallest absolute Gasteiger partial charge is 0.113 e. The highest BCUT2D eigenvalue weighted by molar-refractivity contribution is 7.11. The van der Waals surface area contributed by atoms with Gasteiger partial charge in [0.15, 0.2) is 0 Å². The summed E-state index contributed by atoms with van der Waals surface area (Å²) in [4.78, 5) is 13.4. The van der Waals surface area contributed by atoms with E-state index in [-0.39, 0.29) is 0 Å². The Kier molecular flexibility index (Phi) is 5.17. The lowest BCUT2D eigenvalue weighted by atomic mass is 9.96. The van der Waals surface area contributed by atoms with Gasteiger partial charge in [0.2, 0.25) is 0 Å². The van der Waals surface area contributed by atoms with Crippen LogP contribution in [0, 0.1) is 6.92 Å². The van der Waals surface area contributed by atoms with E-state index in [2.05, 4.69) is 53.3 Å². The van der Waals surface area contributed by atoms with Gasteiger partial charge in [0.05, 0.1) is 10.7 Å². The minimum absolute atomic E-state index is 0.485. The van der Waals surface area contributed by atoms with Crippen molar-refractivity contribution in [1.82, 2.24) is 19.4 Å². The lowest BCUT2D eigenvalue weighted by molar-refractivity contribution is 0.195. The monoisotopic (exact) mass is 332 g/mol. The highest BCUT2D eigenvalue weighted by Gasteiger charge is 2.26. The molecular formula is C18H28N4S. The topological polar surface area (TPSA) is 34.0 Å². The normalized spacial score (nSPS) is 19.6. The molecule has 0 aliphatic carbocycles. The number of nitrogens with zero attached hydrogens (tertiary/aromatic N) is 4. The van der Waals surface area contributed by atoms with Crippen molar-refractivity contribution in [2.45, 2.75) is 65.5 Å². The van der Waals surface area contributed by atoms with Gasteiger partial charge >= 0.3 is 0 Å². The molecule has 3 rings (SSSR count). The van der Waals surface area contributed by atoms with Crippen molar-refractivity contribution in [2.24, 2.45) is 0 Å². The van der Waals surface area contributed by atoms with Crippen LogP contribution in [0.5, 0.6) is 0 Å². The fourth-order valence-electron chi connectivity index (χ4n) is 3.60. The van der Waals surface area contributed by atoms with Crippen LogP contribution in [0.2, 0.25) is 0 Å². The molecule has 5 heteroatoms. The van der Waals surface area contributed by atoms with Gasteiger partial charge in [-0.25, -0.2) is 9.97 Å². The standard InChI is InChI=1S/C18H28N4S/c1-5-16-17(23-14(4)20-16)12-21-9-6-7-15(11-21)18-19-8-10-22(18)13(2)3/h8,10,13,15H,5-7,9,11-12H2,1-4H3. The van der Waals surface area contributed by atoms with E-state index in [1.54, 1.807) is 0 Å². The maximum Gasteiger partial charge on any atom is 0.113 e. The van der Waals surface area contributed by atoms with Gasteiger partial charge in [-0.1, -0.05) is 6.92 Å². The molecule has 1 unspecified atom stereocenters. The van der Waals surface area contributed by atoms with Gasteiger partial charge in [0, 0.05) is 42.3 Å². The lowest BCUT2D eigenvalue weighted by Crippen LogP contribution is -2.35. The predicted molar refractivity (Wildman–Crippen MR) is 96.1 cm³/mol. The number of piperidine rings is 1. The minimum Gasteiger partial charge on any atom is -0.332 e. The third-order valence-electron chi connectivity index (χ3n) is 4.71. The summed E-state index contributed by atoms with van der Waals surface area (Å²) in [5.74, 6) is 1.82. The molecule has 2 aromatic rings. The molecular weight excluding hydrogens is 304 g/mol. The highest BCUT2D eigenvalue weighted by Crippen LogP contribution is 2.29. The van der Waals surface area contributed by atoms with Crippen LogP contribution in [-0.2, 0) is 13.0 Å². The molecule has 0 N–H and O–H groups in total. The summed E-state index contributed by atoms with van der Waals surface area (Å²) in [6.07, 6.45) is 7.63. The second-order valence-corrected chi connectivity index (χ2v) is 8.10. The van der Waals surface area contributed by atoms with Crippen molar-refractivity contribution in [3.63, 3.8) is 0 Å². The molecule has 3 heterocycles. The maximum atomic E-state index is 4.68. The average Bonchev–Trinajstić information content (AvgIpc) is 3.14. The number of aromatic nitrogens is 3. The van der Waals surface area contributed by atoms with Crippen LogP contribution < -0.4 is 0 Å². The van der Waals surface area contributed by atoms with Gasteiger partial charge in [-0.2, -0.15) is 0 Å². The summed E-state index contributed by atoms with van der Waals surface area (Å²) < 4.78 is 2.34. The third kappa shape index (κ3) is 3.66. The van der Waals surface area contributed by atoms with Crippen molar-refractivity contribution in [2.75, 3.05) is 13.1 Å². The first-order valence-corrected chi connectivity index (χ1v) is 9.60. The van der Waals surface area contributed by atoms with Crippen LogP contribution in [-0.4, -0.2) is 32.5 Å². The van der Waals surface area contributed by atoms with Crippen LogP contribution in [0.3, 0.4) is 0 Å². The van der Waals surface area contributed by atoms with Gasteiger partial charge in [-0.05, 0) is 46.6 Å². The number of imidazole rings is 1. The number of thiazole rings is 1. The second kappa shape index (κ2) is 7.14. The number of rotatable bonds is 5. The summed E-state index contributed by atoms with van der Waals surface area (Å²) in [6.45, 7) is 12.2. The van der Waals surface area contributed by atoms with Crippen LogP contribution in [0.1, 0.15) is 67.0 Å². The number of hydrogen-bond donors (Lipinski definition) is 0. The number of likely N-dealkylation sites (tertiary alicyclic amines) is 1. The third-order valence-corrected chi connectivity index (χ3v) is 5.71. The largest absolute Gasteiger partial charge is 0.332 e. The van der Waals surface area contributed by atoms with Crippen LogP contribution in [0.15, 0.2) is 12.4 Å². The van der Waals surface area contributed by atoms with Crippen molar-refractivity contribution in [1.29, 1.82) is 0 Å². The molecule has 1 aliphatic heterocycles. The van der Waals surface area contributed by atoms with Crippen molar-refractivity contribution < 1.29 is 0 Å². The van der Waals surface area contributed by atoms with Gasteiger partial charge in [-0.15, -0.1) is 11.3 Å². The molecule has 1 saturated heterocycles. The van der Waals surface area contributed by atoms with Gasteiger partial charge in [0.25, 0.3) is 0 Å². The van der Waals surface area contributed by atoms with E-state index in [1.165, 1.54) is 40.8 Å². The average molecular weight is 333 g/mol. The summed E-state index contributed by atoms with van der Waals surface area (Å²) in [6, 6.07) is 0.485. The maximum absolute atomic E-state index is 4.68. The zero-order valence-corrected chi connectivity index (χ0v) is 15.6. The van der Waals surface area contributed by atoms with E-state index in [9.17, 15) is 0 Å². The Hall–Kier alpha value is -1.20. The zero-order valence-electron chi connectivity index (χ0n) is 14.7. The molecule has 0 spiro atoms. The molecule has 23 heavy (non-hydrogen) atoms. The van der Waals surface area contributed by atoms with E-state index in [1.807, 2.05) is 17.5 Å². The van der Waals surface area contributed by atoms with E-state index >= 15 is 0 Å². The number of hydrogen-bond acceptors (Lipinski definition) is 4. The van der Waals surface area contributed by atoms with E-state index in [4.69, 9.17) is 0 Å². The van der Waals surface area contributed by atoms with E-state index in [0.717, 1.165) is 19.5 Å². The lowest BCUT2D eigenvalue weighted by Gasteiger charge is -2.33. The van der Waals surface area contributed by atoms with Gasteiger partial charge in [-0.3, -0.25) is 4.90 Å². The Balaban J connectivity index is 1.72. The summed E-state index contributed by atoms with van der Waals surface area (Å²) in [7, 11) is 0. The molecule has 4 nitrogen and oxygen atoms in total. The Bertz CT molecular complexity index is 643. The van der Waals surface area contributed by atoms with Gasteiger partial charge in [0.1, 0.15) is 5.82 Å². The minimum atomic E-state index is 0.485. The molecule has 1 atom stereocenters. The Labute approximate surface area is 143 Å². The highest BCUT2D eigenvalue weighted by atomic mass is 32.1. The Morgan fingerprint density at radius 3 is 2.96 bits per heavy atom. The molecule has 1 fully saturated rings. The Morgan fingerprint density at radius 2 is 2.22 bits per heavy atom. The molecule has 126 valence electrons. The van der Waals surface area contributed by atoms with Crippen molar-refractivity contribution in [3.8, 4) is 0 Å². The molecule has 0 amide bonds. The summed E-state index contributed by atoms with van der Waals surface area (Å²) in [5, 5.41) is 1.20. The molecule has 0 bridgehead atoms. The first-order valence-electron chi connectivity index (χ1n) is 8.78. The molecule has 1 aliphatic rings. The van der Waals surface area contributed by atoms with Crippen LogP contribution in [0.25, 0.3) is 0 Å². The quantitative estimate of drug-likeness (QED) is 0.824. The van der Waals surface area contributed by atoms with Crippen molar-refractivity contribution in [3.05, 3.63) is 33.8 Å². The SMILES string of the molecule is CCc1nc(C)sc1CN1CCCC(c2nccn2C(C)C)C1. The van der Waals surface area contributed by atoms with Crippen LogP contribution >= 0.6 is 11.3 Å². The first-order chi connectivity index (χ1) is 11.1. The van der Waals surface area contributed by atoms with Gasteiger partial charge < -0.3 is 4.57 Å². The summed E-state index contributed by atoms with van der Waals surface area (Å²) in [5.41, 5.74) is 1.29. The molecule has 0 saturated carbocycles. The predicted octanol–water partition coefficient (Wildman–Crippen LogP) is 4.17. The second-order valence-electron chi connectivity index (χ2n) is 6.82. The fraction of sp³-hybridized carbons (Fsp3) is 0.667.